The van der Waals surface area contributed by atoms with E-state index in [0.29, 0.717) is 24.9 Å². The highest BCUT2D eigenvalue weighted by molar-refractivity contribution is 5.89. The van der Waals surface area contributed by atoms with Crippen molar-refractivity contribution in [2.75, 3.05) is 11.9 Å². The van der Waals surface area contributed by atoms with Crippen LogP contribution in [0.1, 0.15) is 25.7 Å². The number of carbonyl (C=O) groups is 1. The van der Waals surface area contributed by atoms with Gasteiger partial charge in [0, 0.05) is 24.6 Å². The Kier molecular flexibility index (Phi) is 4.46. The lowest BCUT2D eigenvalue weighted by molar-refractivity contribution is -0.175. The van der Waals surface area contributed by atoms with Crippen LogP contribution in [0.4, 0.5) is 23.7 Å². The summed E-state index contributed by atoms with van der Waals surface area (Å²) in [5, 5.41) is 2.49. The molecule has 0 aliphatic carbocycles. The van der Waals surface area contributed by atoms with Gasteiger partial charge in [0.05, 0.1) is 0 Å². The third-order valence-electron chi connectivity index (χ3n) is 3.32. The zero-order valence-electron chi connectivity index (χ0n) is 10.9. The monoisotopic (exact) mass is 287 g/mol. The molecule has 1 aromatic heterocycles. The molecular formula is C13H16F3N3O. The molecule has 1 aliphatic rings. The van der Waals surface area contributed by atoms with Gasteiger partial charge in [-0.2, -0.15) is 13.2 Å². The lowest BCUT2D eigenvalue weighted by Gasteiger charge is -2.31. The van der Waals surface area contributed by atoms with Crippen molar-refractivity contribution in [2.45, 2.75) is 37.9 Å². The number of alkyl halides is 3. The number of pyridine rings is 1. The molecule has 0 unspecified atom stereocenters. The summed E-state index contributed by atoms with van der Waals surface area (Å²) in [5.41, 5.74) is 0.440. The third kappa shape index (κ3) is 3.61. The maximum absolute atomic E-state index is 13.0. The van der Waals surface area contributed by atoms with Gasteiger partial charge in [-0.15, -0.1) is 0 Å². The van der Waals surface area contributed by atoms with Gasteiger partial charge in [-0.25, -0.2) is 4.79 Å². The van der Waals surface area contributed by atoms with E-state index < -0.39 is 18.2 Å². The van der Waals surface area contributed by atoms with E-state index in [1.54, 1.807) is 0 Å². The van der Waals surface area contributed by atoms with Crippen molar-refractivity contribution in [3.8, 4) is 0 Å². The Labute approximate surface area is 115 Å². The molecule has 0 saturated carbocycles. The number of rotatable bonds is 1. The summed E-state index contributed by atoms with van der Waals surface area (Å²) in [5.74, 6) is 0. The summed E-state index contributed by atoms with van der Waals surface area (Å²) >= 11 is 0. The summed E-state index contributed by atoms with van der Waals surface area (Å²) in [7, 11) is 0. The van der Waals surface area contributed by atoms with Gasteiger partial charge < -0.3 is 10.2 Å². The average Bonchev–Trinajstić information content (AvgIpc) is 2.65. The fraction of sp³-hybridized carbons (Fsp3) is 0.538. The minimum Gasteiger partial charge on any atom is -0.312 e. The minimum atomic E-state index is -4.39. The number of anilines is 1. The highest BCUT2D eigenvalue weighted by atomic mass is 19.4. The van der Waals surface area contributed by atoms with Crippen LogP contribution in [0, 0.1) is 0 Å². The molecule has 1 saturated heterocycles. The number of hydrogen-bond acceptors (Lipinski definition) is 2. The van der Waals surface area contributed by atoms with Gasteiger partial charge in [0.2, 0.25) is 0 Å². The summed E-state index contributed by atoms with van der Waals surface area (Å²) in [6.07, 6.45) is 0.316. The predicted octanol–water partition coefficient (Wildman–Crippen LogP) is 3.42. The molecule has 2 heterocycles. The molecule has 0 aromatic carbocycles. The van der Waals surface area contributed by atoms with Crippen molar-refractivity contribution in [1.29, 1.82) is 0 Å². The Bertz CT molecular complexity index is 450. The normalized spacial score (nSPS) is 20.4. The van der Waals surface area contributed by atoms with Gasteiger partial charge in [0.1, 0.15) is 6.04 Å². The quantitative estimate of drug-likeness (QED) is 0.860. The van der Waals surface area contributed by atoms with E-state index in [2.05, 4.69) is 10.3 Å². The summed E-state index contributed by atoms with van der Waals surface area (Å²) < 4.78 is 39.1. The van der Waals surface area contributed by atoms with E-state index in [4.69, 9.17) is 0 Å². The zero-order valence-corrected chi connectivity index (χ0v) is 10.9. The predicted molar refractivity (Wildman–Crippen MR) is 68.3 cm³/mol. The lowest BCUT2D eigenvalue weighted by atomic mass is 10.1. The van der Waals surface area contributed by atoms with E-state index in [0.717, 1.165) is 4.90 Å². The fourth-order valence-electron chi connectivity index (χ4n) is 2.32. The first-order chi connectivity index (χ1) is 9.48. The number of likely N-dealkylation sites (tertiary alicyclic amines) is 1. The van der Waals surface area contributed by atoms with Gasteiger partial charge in [0.25, 0.3) is 0 Å². The largest absolute Gasteiger partial charge is 0.408 e. The smallest absolute Gasteiger partial charge is 0.312 e. The third-order valence-corrected chi connectivity index (χ3v) is 3.32. The van der Waals surface area contributed by atoms with Crippen molar-refractivity contribution in [3.63, 3.8) is 0 Å². The lowest BCUT2D eigenvalue weighted by Crippen LogP contribution is -2.50. The summed E-state index contributed by atoms with van der Waals surface area (Å²) in [6, 6.07) is 0.670. The first-order valence-corrected chi connectivity index (χ1v) is 6.53. The molecule has 7 heteroatoms. The maximum atomic E-state index is 13.0. The van der Waals surface area contributed by atoms with E-state index >= 15 is 0 Å². The second-order valence-electron chi connectivity index (χ2n) is 4.77. The van der Waals surface area contributed by atoms with Crippen molar-refractivity contribution in [3.05, 3.63) is 24.5 Å². The molecule has 20 heavy (non-hydrogen) atoms. The van der Waals surface area contributed by atoms with Crippen LogP contribution < -0.4 is 5.32 Å². The minimum absolute atomic E-state index is 0.0345. The Morgan fingerprint density at radius 1 is 1.25 bits per heavy atom. The Hall–Kier alpha value is -1.79. The average molecular weight is 287 g/mol. The highest BCUT2D eigenvalue weighted by Gasteiger charge is 2.45. The van der Waals surface area contributed by atoms with Crippen molar-refractivity contribution < 1.29 is 18.0 Å². The number of aromatic nitrogens is 1. The SMILES string of the molecule is O=C(Nc1ccncc1)N1CCCCC[C@H]1C(F)(F)F. The van der Waals surface area contributed by atoms with Crippen LogP contribution in [0.3, 0.4) is 0 Å². The van der Waals surface area contributed by atoms with Gasteiger partial charge in [-0.05, 0) is 25.0 Å². The van der Waals surface area contributed by atoms with Gasteiger partial charge in [-0.1, -0.05) is 12.8 Å². The van der Waals surface area contributed by atoms with Crippen LogP contribution in [0.15, 0.2) is 24.5 Å². The topological polar surface area (TPSA) is 45.2 Å². The van der Waals surface area contributed by atoms with Crippen LogP contribution in [-0.2, 0) is 0 Å². The molecule has 110 valence electrons. The molecule has 2 amide bonds. The van der Waals surface area contributed by atoms with Crippen molar-refractivity contribution >= 4 is 11.7 Å². The molecule has 0 spiro atoms. The Balaban J connectivity index is 2.12. The second kappa shape index (κ2) is 6.11. The maximum Gasteiger partial charge on any atom is 0.408 e. The van der Waals surface area contributed by atoms with E-state index in [1.807, 2.05) is 0 Å². The van der Waals surface area contributed by atoms with Gasteiger partial charge in [0.15, 0.2) is 0 Å². The Morgan fingerprint density at radius 3 is 2.60 bits per heavy atom. The van der Waals surface area contributed by atoms with Crippen LogP contribution in [0.5, 0.6) is 0 Å². The molecule has 1 atom stereocenters. The van der Waals surface area contributed by atoms with E-state index in [-0.39, 0.29) is 13.0 Å². The van der Waals surface area contributed by atoms with E-state index in [1.165, 1.54) is 24.5 Å². The second-order valence-corrected chi connectivity index (χ2v) is 4.77. The molecule has 1 N–H and O–H groups in total. The number of urea groups is 1. The van der Waals surface area contributed by atoms with Crippen LogP contribution in [0.25, 0.3) is 0 Å². The number of hydrogen-bond donors (Lipinski definition) is 1. The number of amides is 2. The van der Waals surface area contributed by atoms with Gasteiger partial charge in [-0.3, -0.25) is 4.98 Å². The zero-order chi connectivity index (χ0) is 14.6. The van der Waals surface area contributed by atoms with Crippen LogP contribution in [-0.4, -0.2) is 34.7 Å². The first-order valence-electron chi connectivity index (χ1n) is 6.53. The molecule has 1 aromatic rings. The highest BCUT2D eigenvalue weighted by Crippen LogP contribution is 2.31. The molecule has 4 nitrogen and oxygen atoms in total. The molecule has 1 aliphatic heterocycles. The summed E-state index contributed by atoms with van der Waals surface area (Å²) in [4.78, 5) is 16.8. The molecule has 2 rings (SSSR count). The molecule has 1 fully saturated rings. The van der Waals surface area contributed by atoms with Crippen molar-refractivity contribution in [1.82, 2.24) is 9.88 Å². The first kappa shape index (κ1) is 14.6. The number of nitrogens with zero attached hydrogens (tertiary/aromatic N) is 2. The fourth-order valence-corrected chi connectivity index (χ4v) is 2.32. The number of carbonyl (C=O) groups excluding carboxylic acids is 1. The van der Waals surface area contributed by atoms with Crippen LogP contribution >= 0.6 is 0 Å². The molecule has 0 bridgehead atoms. The Morgan fingerprint density at radius 2 is 1.95 bits per heavy atom. The standard InChI is InChI=1S/C13H16F3N3O/c14-13(15,16)11-4-2-1-3-9-19(11)12(20)18-10-5-7-17-8-6-10/h5-8,11H,1-4,9H2,(H,17,18,20)/t11-/m0/s1. The summed E-state index contributed by atoms with van der Waals surface area (Å²) in [6.45, 7) is 0.126. The number of halogens is 3. The number of nitrogens with one attached hydrogen (secondary N) is 1. The van der Waals surface area contributed by atoms with Gasteiger partial charge >= 0.3 is 12.2 Å². The van der Waals surface area contributed by atoms with Crippen molar-refractivity contribution in [2.24, 2.45) is 0 Å². The molecular weight excluding hydrogens is 271 g/mol. The van der Waals surface area contributed by atoms with E-state index in [9.17, 15) is 18.0 Å². The molecule has 0 radical (unpaired) electrons. The van der Waals surface area contributed by atoms with Crippen LogP contribution in [0.2, 0.25) is 0 Å².